The van der Waals surface area contributed by atoms with Crippen molar-refractivity contribution in [2.75, 3.05) is 12.0 Å². The van der Waals surface area contributed by atoms with E-state index in [1.54, 1.807) is 11.8 Å². The molecule has 1 saturated heterocycles. The highest BCUT2D eigenvalue weighted by Crippen LogP contribution is 2.17. The molecule has 1 aliphatic heterocycles. The normalized spacial score (nSPS) is 23.9. The van der Waals surface area contributed by atoms with Crippen LogP contribution in [0.2, 0.25) is 0 Å². The summed E-state index contributed by atoms with van der Waals surface area (Å²) in [7, 11) is 0. The topological polar surface area (TPSA) is 46.2 Å². The third-order valence-electron chi connectivity index (χ3n) is 2.02. The largest absolute Gasteiger partial charge is 0.296 e. The molecule has 1 rings (SSSR count). The fraction of sp³-hybridized carbons (Fsp3) is 0.750. The van der Waals surface area contributed by atoms with Gasteiger partial charge in [0.15, 0.2) is 0 Å². The molecule has 2 amide bonds. The molecule has 0 aromatic carbocycles. The average Bonchev–Trinajstić information content (AvgIpc) is 2.03. The predicted octanol–water partition coefficient (Wildman–Crippen LogP) is 0.792. The highest BCUT2D eigenvalue weighted by molar-refractivity contribution is 7.98. The lowest BCUT2D eigenvalue weighted by atomic mass is 9.96. The molecular formula is C8H13NO2S. The molecule has 1 heterocycles. The van der Waals surface area contributed by atoms with Crippen LogP contribution in [0.25, 0.3) is 0 Å². The zero-order valence-electron chi connectivity index (χ0n) is 7.13. The van der Waals surface area contributed by atoms with E-state index in [1.165, 1.54) is 0 Å². The Morgan fingerprint density at radius 2 is 2.33 bits per heavy atom. The van der Waals surface area contributed by atoms with E-state index < -0.39 is 0 Å². The molecule has 0 aromatic rings. The number of piperidine rings is 1. The smallest absolute Gasteiger partial charge is 0.229 e. The second-order valence-corrected chi connectivity index (χ2v) is 3.92. The second-order valence-electron chi connectivity index (χ2n) is 2.93. The Bertz CT molecular complexity index is 193. The summed E-state index contributed by atoms with van der Waals surface area (Å²) >= 11 is 1.73. The van der Waals surface area contributed by atoms with Gasteiger partial charge in [0.05, 0.1) is 0 Å². The van der Waals surface area contributed by atoms with E-state index >= 15 is 0 Å². The van der Waals surface area contributed by atoms with E-state index in [0.717, 1.165) is 18.6 Å². The maximum Gasteiger partial charge on any atom is 0.229 e. The van der Waals surface area contributed by atoms with Gasteiger partial charge in [0, 0.05) is 12.3 Å². The average molecular weight is 187 g/mol. The number of carbonyl (C=O) groups is 2. The molecule has 68 valence electrons. The van der Waals surface area contributed by atoms with Crippen molar-refractivity contribution < 1.29 is 9.59 Å². The standard InChI is InChI=1S/C8H13NO2S/c1-12-5-4-6-2-3-7(10)9-8(6)11/h6H,2-5H2,1H3,(H,9,10,11). The van der Waals surface area contributed by atoms with Gasteiger partial charge in [-0.25, -0.2) is 0 Å². The van der Waals surface area contributed by atoms with E-state index in [2.05, 4.69) is 5.32 Å². The van der Waals surface area contributed by atoms with E-state index in [0.29, 0.717) is 6.42 Å². The third kappa shape index (κ3) is 2.52. The van der Waals surface area contributed by atoms with Crippen molar-refractivity contribution in [3.05, 3.63) is 0 Å². The van der Waals surface area contributed by atoms with Crippen LogP contribution < -0.4 is 5.32 Å². The molecule has 0 aliphatic carbocycles. The molecule has 4 heteroatoms. The highest BCUT2D eigenvalue weighted by Gasteiger charge is 2.25. The molecule has 3 nitrogen and oxygen atoms in total. The minimum Gasteiger partial charge on any atom is -0.296 e. The maximum atomic E-state index is 11.2. The van der Waals surface area contributed by atoms with Gasteiger partial charge in [0.1, 0.15) is 0 Å². The van der Waals surface area contributed by atoms with Gasteiger partial charge < -0.3 is 0 Å². The van der Waals surface area contributed by atoms with Gasteiger partial charge in [-0.15, -0.1) is 0 Å². The molecular weight excluding hydrogens is 174 g/mol. The Balaban J connectivity index is 2.35. The predicted molar refractivity (Wildman–Crippen MR) is 48.9 cm³/mol. The number of hydrogen-bond acceptors (Lipinski definition) is 3. The van der Waals surface area contributed by atoms with E-state index in [9.17, 15) is 9.59 Å². The van der Waals surface area contributed by atoms with E-state index in [4.69, 9.17) is 0 Å². The molecule has 0 bridgehead atoms. The number of imide groups is 1. The Kier molecular flexibility index (Phi) is 3.59. The van der Waals surface area contributed by atoms with Crippen LogP contribution >= 0.6 is 11.8 Å². The lowest BCUT2D eigenvalue weighted by Gasteiger charge is -2.19. The Hall–Kier alpha value is -0.510. The summed E-state index contributed by atoms with van der Waals surface area (Å²) in [5, 5.41) is 2.35. The van der Waals surface area contributed by atoms with Crippen LogP contribution in [0.4, 0.5) is 0 Å². The maximum absolute atomic E-state index is 11.2. The molecule has 1 fully saturated rings. The van der Waals surface area contributed by atoms with Crippen LogP contribution in [-0.2, 0) is 9.59 Å². The number of nitrogens with one attached hydrogen (secondary N) is 1. The number of thioether (sulfide) groups is 1. The third-order valence-corrected chi connectivity index (χ3v) is 2.67. The van der Waals surface area contributed by atoms with Gasteiger partial charge in [-0.3, -0.25) is 14.9 Å². The first kappa shape index (κ1) is 9.58. The van der Waals surface area contributed by atoms with Crippen molar-refractivity contribution in [3.8, 4) is 0 Å². The van der Waals surface area contributed by atoms with Crippen molar-refractivity contribution >= 4 is 23.6 Å². The van der Waals surface area contributed by atoms with Crippen LogP contribution in [0.3, 0.4) is 0 Å². The van der Waals surface area contributed by atoms with E-state index in [1.807, 2.05) is 6.26 Å². The Labute approximate surface area is 76.3 Å². The van der Waals surface area contributed by atoms with Gasteiger partial charge in [-0.1, -0.05) is 0 Å². The summed E-state index contributed by atoms with van der Waals surface area (Å²) in [5.41, 5.74) is 0. The lowest BCUT2D eigenvalue weighted by Crippen LogP contribution is -2.40. The van der Waals surface area contributed by atoms with Crippen molar-refractivity contribution in [3.63, 3.8) is 0 Å². The van der Waals surface area contributed by atoms with Crippen molar-refractivity contribution in [1.82, 2.24) is 5.32 Å². The highest BCUT2D eigenvalue weighted by atomic mass is 32.2. The molecule has 1 aliphatic rings. The molecule has 0 radical (unpaired) electrons. The zero-order chi connectivity index (χ0) is 8.97. The number of hydrogen-bond donors (Lipinski definition) is 1. The van der Waals surface area contributed by atoms with Crippen molar-refractivity contribution in [2.45, 2.75) is 19.3 Å². The van der Waals surface area contributed by atoms with Crippen molar-refractivity contribution in [2.24, 2.45) is 5.92 Å². The molecule has 1 atom stereocenters. The van der Waals surface area contributed by atoms with Crippen LogP contribution in [0, 0.1) is 5.92 Å². The SMILES string of the molecule is CSCCC1CCC(=O)NC1=O. The molecule has 0 saturated carbocycles. The van der Waals surface area contributed by atoms with Crippen LogP contribution in [0.1, 0.15) is 19.3 Å². The Morgan fingerprint density at radius 3 is 2.92 bits per heavy atom. The summed E-state index contributed by atoms with van der Waals surface area (Å²) < 4.78 is 0. The summed E-state index contributed by atoms with van der Waals surface area (Å²) in [6, 6.07) is 0. The Morgan fingerprint density at radius 1 is 1.58 bits per heavy atom. The van der Waals surface area contributed by atoms with Crippen molar-refractivity contribution in [1.29, 1.82) is 0 Å². The monoisotopic (exact) mass is 187 g/mol. The molecule has 12 heavy (non-hydrogen) atoms. The quantitative estimate of drug-likeness (QED) is 0.664. The van der Waals surface area contributed by atoms with Gasteiger partial charge in [0.2, 0.25) is 11.8 Å². The summed E-state index contributed by atoms with van der Waals surface area (Å²) in [5.74, 6) is 0.850. The summed E-state index contributed by atoms with van der Waals surface area (Å²) in [6.45, 7) is 0. The first-order valence-corrected chi connectivity index (χ1v) is 5.46. The van der Waals surface area contributed by atoms with Crippen LogP contribution in [0.5, 0.6) is 0 Å². The van der Waals surface area contributed by atoms with Gasteiger partial charge in [-0.05, 0) is 24.9 Å². The minimum atomic E-state index is -0.125. The fourth-order valence-electron chi connectivity index (χ4n) is 1.27. The fourth-order valence-corrected chi connectivity index (χ4v) is 1.79. The molecule has 1 N–H and O–H groups in total. The van der Waals surface area contributed by atoms with E-state index in [-0.39, 0.29) is 17.7 Å². The molecule has 0 aromatic heterocycles. The first-order chi connectivity index (χ1) is 5.74. The number of carbonyl (C=O) groups excluding carboxylic acids is 2. The van der Waals surface area contributed by atoms with Gasteiger partial charge >= 0.3 is 0 Å². The van der Waals surface area contributed by atoms with Gasteiger partial charge in [-0.2, -0.15) is 11.8 Å². The summed E-state index contributed by atoms with van der Waals surface area (Å²) in [4.78, 5) is 21.9. The summed E-state index contributed by atoms with van der Waals surface area (Å²) in [6.07, 6.45) is 4.14. The van der Waals surface area contributed by atoms with Crippen LogP contribution in [0.15, 0.2) is 0 Å². The second kappa shape index (κ2) is 4.50. The molecule has 0 spiro atoms. The van der Waals surface area contributed by atoms with Crippen LogP contribution in [-0.4, -0.2) is 23.8 Å². The first-order valence-electron chi connectivity index (χ1n) is 4.06. The zero-order valence-corrected chi connectivity index (χ0v) is 7.95. The number of amides is 2. The minimum absolute atomic E-state index is 0.0650. The number of rotatable bonds is 3. The molecule has 1 unspecified atom stereocenters. The van der Waals surface area contributed by atoms with Gasteiger partial charge in [0.25, 0.3) is 0 Å². The lowest BCUT2D eigenvalue weighted by molar-refractivity contribution is -0.136.